The van der Waals surface area contributed by atoms with Gasteiger partial charge >= 0.3 is 5.69 Å². The Morgan fingerprint density at radius 2 is 1.91 bits per heavy atom. The highest BCUT2D eigenvalue weighted by Gasteiger charge is 2.22. The van der Waals surface area contributed by atoms with Gasteiger partial charge in [0.05, 0.1) is 5.75 Å². The first-order valence-corrected chi connectivity index (χ1v) is 12.1. The van der Waals surface area contributed by atoms with Crippen molar-refractivity contribution in [2.75, 3.05) is 11.5 Å². The average molecular weight is 482 g/mol. The molecule has 0 aliphatic rings. The lowest BCUT2D eigenvalue weighted by atomic mass is 10.2. The molecule has 3 aromatic heterocycles. The first-order chi connectivity index (χ1) is 15.8. The molecule has 170 valence electrons. The second-order valence-electron chi connectivity index (χ2n) is 8.00. The van der Waals surface area contributed by atoms with Crippen LogP contribution >= 0.6 is 23.1 Å². The van der Waals surface area contributed by atoms with Gasteiger partial charge in [-0.25, -0.2) is 14.8 Å². The summed E-state index contributed by atoms with van der Waals surface area (Å²) in [5, 5.41) is 1.50. The highest BCUT2D eigenvalue weighted by Crippen LogP contribution is 2.36. The number of thiophene rings is 1. The molecule has 33 heavy (non-hydrogen) atoms. The van der Waals surface area contributed by atoms with Crippen LogP contribution in [-0.2, 0) is 13.6 Å². The number of hydrogen-bond donors (Lipinski definition) is 1. The summed E-state index contributed by atoms with van der Waals surface area (Å²) in [5.41, 5.74) is 5.83. The van der Waals surface area contributed by atoms with Crippen LogP contribution in [0.1, 0.15) is 24.2 Å². The Hall–Kier alpha value is -3.24. The van der Waals surface area contributed by atoms with Crippen molar-refractivity contribution in [1.82, 2.24) is 19.1 Å². The number of hydrogen-bond acceptors (Lipinski definition) is 8. The summed E-state index contributed by atoms with van der Waals surface area (Å²) in [7, 11) is 1.36. The van der Waals surface area contributed by atoms with Crippen molar-refractivity contribution in [2.24, 2.45) is 13.0 Å². The maximum absolute atomic E-state index is 13.1. The monoisotopic (exact) mass is 481 g/mol. The largest absolute Gasteiger partial charge is 0.384 e. The number of nitrogen functional groups attached to an aromatic ring is 1. The van der Waals surface area contributed by atoms with Crippen LogP contribution in [0, 0.1) is 5.92 Å². The van der Waals surface area contributed by atoms with Gasteiger partial charge in [-0.1, -0.05) is 55.9 Å². The zero-order valence-electron chi connectivity index (χ0n) is 18.4. The van der Waals surface area contributed by atoms with Gasteiger partial charge in [0, 0.05) is 23.9 Å². The average Bonchev–Trinajstić information content (AvgIpc) is 3.25. The minimum absolute atomic E-state index is 0.0397. The van der Waals surface area contributed by atoms with Gasteiger partial charge in [-0.3, -0.25) is 18.7 Å². The van der Waals surface area contributed by atoms with Crippen molar-refractivity contribution in [3.63, 3.8) is 0 Å². The van der Waals surface area contributed by atoms with Gasteiger partial charge in [0.2, 0.25) is 0 Å². The highest BCUT2D eigenvalue weighted by atomic mass is 32.2. The van der Waals surface area contributed by atoms with E-state index in [9.17, 15) is 14.4 Å². The van der Waals surface area contributed by atoms with Gasteiger partial charge in [-0.2, -0.15) is 0 Å². The quantitative estimate of drug-likeness (QED) is 0.244. The molecule has 0 atom stereocenters. The molecule has 0 saturated carbocycles. The molecule has 3 heterocycles. The number of Topliss-reactive ketones (excluding diaryl/α,β-unsaturated/α-hetero) is 1. The molecule has 4 aromatic rings. The highest BCUT2D eigenvalue weighted by molar-refractivity contribution is 8.00. The number of ketones is 1. The molecule has 0 radical (unpaired) electrons. The van der Waals surface area contributed by atoms with Crippen LogP contribution in [0.3, 0.4) is 0 Å². The van der Waals surface area contributed by atoms with E-state index in [0.29, 0.717) is 11.6 Å². The molecule has 1 aromatic carbocycles. The molecule has 4 rings (SSSR count). The van der Waals surface area contributed by atoms with E-state index in [2.05, 4.69) is 9.97 Å². The maximum atomic E-state index is 13.1. The predicted molar refractivity (Wildman–Crippen MR) is 133 cm³/mol. The van der Waals surface area contributed by atoms with Gasteiger partial charge in [-0.05, 0) is 17.5 Å². The summed E-state index contributed by atoms with van der Waals surface area (Å²) < 4.78 is 2.22. The maximum Gasteiger partial charge on any atom is 0.332 e. The van der Waals surface area contributed by atoms with E-state index in [-0.39, 0.29) is 23.1 Å². The molecule has 0 saturated heterocycles. The Morgan fingerprint density at radius 1 is 1.18 bits per heavy atom. The number of carbonyl (C=O) groups is 1. The molecule has 0 aliphatic heterocycles. The van der Waals surface area contributed by atoms with Crippen molar-refractivity contribution < 1.29 is 4.79 Å². The fraction of sp³-hybridized carbons (Fsp3) is 0.261. The van der Waals surface area contributed by atoms with E-state index in [1.54, 1.807) is 11.3 Å². The Morgan fingerprint density at radius 3 is 2.61 bits per heavy atom. The number of nitrogens with zero attached hydrogens (tertiary/aromatic N) is 4. The van der Waals surface area contributed by atoms with E-state index in [1.807, 2.05) is 50.2 Å². The molecule has 2 N–H and O–H groups in total. The topological polar surface area (TPSA) is 113 Å². The third-order valence-electron chi connectivity index (χ3n) is 5.10. The number of rotatable bonds is 7. The molecule has 0 amide bonds. The van der Waals surface area contributed by atoms with Crippen molar-refractivity contribution in [1.29, 1.82) is 0 Å². The fourth-order valence-electron chi connectivity index (χ4n) is 3.49. The summed E-state index contributed by atoms with van der Waals surface area (Å²) in [5.74, 6) is -0.452. The summed E-state index contributed by atoms with van der Waals surface area (Å²) >= 11 is 2.77. The number of anilines is 1. The SMILES string of the molecule is CC(C)Cn1c(N)c(C(=O)CSc2ncnc3sc(-c4ccccc4)cc23)c(=O)n(C)c1=O. The first kappa shape index (κ1) is 22.9. The minimum Gasteiger partial charge on any atom is -0.384 e. The number of nitrogens with two attached hydrogens (primary N) is 1. The van der Waals surface area contributed by atoms with Crippen LogP contribution in [0.2, 0.25) is 0 Å². The number of thioether (sulfide) groups is 1. The van der Waals surface area contributed by atoms with E-state index < -0.39 is 17.0 Å². The lowest BCUT2D eigenvalue weighted by Gasteiger charge is -2.16. The predicted octanol–water partition coefficient (Wildman–Crippen LogP) is 3.43. The van der Waals surface area contributed by atoms with Crippen LogP contribution in [0.25, 0.3) is 20.7 Å². The lowest BCUT2D eigenvalue weighted by molar-refractivity contribution is 0.102. The molecule has 0 unspecified atom stereocenters. The van der Waals surface area contributed by atoms with Crippen LogP contribution in [0.5, 0.6) is 0 Å². The van der Waals surface area contributed by atoms with Crippen molar-refractivity contribution >= 4 is 44.9 Å². The van der Waals surface area contributed by atoms with Gasteiger partial charge in [0.25, 0.3) is 5.56 Å². The zero-order valence-corrected chi connectivity index (χ0v) is 20.1. The number of aromatic nitrogens is 4. The van der Waals surface area contributed by atoms with Gasteiger partial charge < -0.3 is 5.73 Å². The molecule has 10 heteroatoms. The summed E-state index contributed by atoms with van der Waals surface area (Å²) in [6.07, 6.45) is 1.47. The molecule has 0 bridgehead atoms. The summed E-state index contributed by atoms with van der Waals surface area (Å²) in [6, 6.07) is 12.0. The Kier molecular flexibility index (Phi) is 6.48. The normalized spacial score (nSPS) is 11.4. The Labute approximate surface area is 198 Å². The number of fused-ring (bicyclic) bond motifs is 1. The van der Waals surface area contributed by atoms with Gasteiger partial charge in [-0.15, -0.1) is 11.3 Å². The van der Waals surface area contributed by atoms with E-state index >= 15 is 0 Å². The standard InChI is InChI=1S/C23H23N5O3S2/c1-13(2)10-28-19(24)18(22(30)27(3)23(28)31)16(29)11-32-20-15-9-17(14-7-5-4-6-8-14)33-21(15)26-12-25-20/h4-9,12-13H,10-11,24H2,1-3H3. The minimum atomic E-state index is -0.683. The van der Waals surface area contributed by atoms with Crippen LogP contribution in [0.15, 0.2) is 57.3 Å². The van der Waals surface area contributed by atoms with E-state index in [1.165, 1.54) is 29.7 Å². The van der Waals surface area contributed by atoms with Crippen LogP contribution in [0.4, 0.5) is 5.82 Å². The van der Waals surface area contributed by atoms with Gasteiger partial charge in [0.1, 0.15) is 27.6 Å². The van der Waals surface area contributed by atoms with Crippen LogP contribution < -0.4 is 17.0 Å². The Balaban J connectivity index is 1.65. The second-order valence-corrected chi connectivity index (χ2v) is 9.99. The third-order valence-corrected chi connectivity index (χ3v) is 7.20. The molecule has 8 nitrogen and oxygen atoms in total. The number of carbonyl (C=O) groups excluding carboxylic acids is 1. The third kappa shape index (κ3) is 4.49. The Bertz CT molecular complexity index is 1450. The van der Waals surface area contributed by atoms with Crippen molar-refractivity contribution in [2.45, 2.75) is 25.4 Å². The van der Waals surface area contributed by atoms with E-state index in [4.69, 9.17) is 5.73 Å². The fourth-order valence-corrected chi connectivity index (χ4v) is 5.40. The summed E-state index contributed by atoms with van der Waals surface area (Å²) in [4.78, 5) is 48.8. The first-order valence-electron chi connectivity index (χ1n) is 10.3. The van der Waals surface area contributed by atoms with E-state index in [0.717, 1.165) is 25.2 Å². The molecular weight excluding hydrogens is 458 g/mol. The zero-order chi connectivity index (χ0) is 23.7. The molecule has 0 aliphatic carbocycles. The molecular formula is C23H23N5O3S2. The lowest BCUT2D eigenvalue weighted by Crippen LogP contribution is -2.43. The summed E-state index contributed by atoms with van der Waals surface area (Å²) in [6.45, 7) is 4.18. The molecule has 0 spiro atoms. The van der Waals surface area contributed by atoms with Crippen LogP contribution in [-0.4, -0.2) is 30.6 Å². The smallest absolute Gasteiger partial charge is 0.332 e. The second kappa shape index (κ2) is 9.32. The van der Waals surface area contributed by atoms with Crippen molar-refractivity contribution in [3.05, 3.63) is 69.1 Å². The van der Waals surface area contributed by atoms with Crippen molar-refractivity contribution in [3.8, 4) is 10.4 Å². The number of benzene rings is 1. The van der Waals surface area contributed by atoms with Gasteiger partial charge in [0.15, 0.2) is 5.78 Å². The molecule has 0 fully saturated rings.